The monoisotopic (exact) mass is 576 g/mol. The Labute approximate surface area is 236 Å². The van der Waals surface area contributed by atoms with Crippen molar-refractivity contribution >= 4 is 15.7 Å². The van der Waals surface area contributed by atoms with Crippen LogP contribution in [0.4, 0.5) is 13.2 Å². The molecule has 3 heterocycles. The molecule has 0 bridgehead atoms. The standard InChI is InChI=1S/C31H27F3N4O2S/c32-31(33,34)26-11-7-10-24(20-26)25-14-15-29-35-30(23-8-3-1-4-9-23)28(38(29)21-25)22-36-16-18-37(19-17-36)41(39,40)27-12-5-2-6-13-27/h1-15,20-21H,16-19,22H2. The summed E-state index contributed by atoms with van der Waals surface area (Å²) in [7, 11) is -3.57. The van der Waals surface area contributed by atoms with Crippen molar-refractivity contribution in [1.29, 1.82) is 0 Å². The van der Waals surface area contributed by atoms with Gasteiger partial charge in [-0.05, 0) is 47.5 Å². The van der Waals surface area contributed by atoms with Gasteiger partial charge in [0.15, 0.2) is 0 Å². The first kappa shape index (κ1) is 27.2. The zero-order valence-corrected chi connectivity index (χ0v) is 22.8. The van der Waals surface area contributed by atoms with Crippen molar-refractivity contribution < 1.29 is 21.6 Å². The van der Waals surface area contributed by atoms with E-state index < -0.39 is 21.8 Å². The first-order valence-electron chi connectivity index (χ1n) is 13.2. The van der Waals surface area contributed by atoms with E-state index in [9.17, 15) is 21.6 Å². The predicted octanol–water partition coefficient (Wildman–Crippen LogP) is 6.19. The molecule has 10 heteroatoms. The van der Waals surface area contributed by atoms with Gasteiger partial charge in [-0.1, -0.05) is 60.7 Å². The number of pyridine rings is 1. The number of fused-ring (bicyclic) bond motifs is 1. The lowest BCUT2D eigenvalue weighted by Crippen LogP contribution is -2.48. The van der Waals surface area contributed by atoms with E-state index in [1.807, 2.05) is 47.0 Å². The van der Waals surface area contributed by atoms with Crippen LogP contribution in [0, 0.1) is 0 Å². The highest BCUT2D eigenvalue weighted by Gasteiger charge is 2.31. The van der Waals surface area contributed by atoms with E-state index in [0.717, 1.165) is 29.1 Å². The van der Waals surface area contributed by atoms with E-state index in [1.54, 1.807) is 42.5 Å². The molecular weight excluding hydrogens is 549 g/mol. The number of hydrogen-bond donors (Lipinski definition) is 0. The van der Waals surface area contributed by atoms with E-state index in [0.29, 0.717) is 49.5 Å². The Morgan fingerprint density at radius 1 is 0.732 bits per heavy atom. The summed E-state index contributed by atoms with van der Waals surface area (Å²) in [5, 5.41) is 0. The van der Waals surface area contributed by atoms with Gasteiger partial charge in [0, 0.05) is 44.5 Å². The third-order valence-corrected chi connectivity index (χ3v) is 9.29. The summed E-state index contributed by atoms with van der Waals surface area (Å²) in [4.78, 5) is 7.35. The van der Waals surface area contributed by atoms with Crippen LogP contribution < -0.4 is 0 Å². The molecule has 2 aromatic heterocycles. The third-order valence-electron chi connectivity index (χ3n) is 7.37. The summed E-state index contributed by atoms with van der Waals surface area (Å²) in [5.41, 5.74) is 3.68. The molecular formula is C31H27F3N4O2S. The van der Waals surface area contributed by atoms with Gasteiger partial charge >= 0.3 is 6.18 Å². The molecule has 210 valence electrons. The summed E-state index contributed by atoms with van der Waals surface area (Å²) < 4.78 is 69.8. The Bertz CT molecular complexity index is 1780. The van der Waals surface area contributed by atoms with Gasteiger partial charge < -0.3 is 4.40 Å². The van der Waals surface area contributed by atoms with E-state index in [4.69, 9.17) is 4.98 Å². The van der Waals surface area contributed by atoms with Crippen molar-refractivity contribution in [3.8, 4) is 22.4 Å². The van der Waals surface area contributed by atoms with Gasteiger partial charge in [0.05, 0.1) is 21.8 Å². The SMILES string of the molecule is O=S(=O)(c1ccccc1)N1CCN(Cc2c(-c3ccccc3)nc3ccc(-c4cccc(C(F)(F)F)c4)cn23)CC1. The van der Waals surface area contributed by atoms with Crippen molar-refractivity contribution in [2.75, 3.05) is 26.2 Å². The van der Waals surface area contributed by atoms with Crippen molar-refractivity contribution in [2.45, 2.75) is 17.6 Å². The van der Waals surface area contributed by atoms with E-state index in [1.165, 1.54) is 10.4 Å². The molecule has 6 nitrogen and oxygen atoms in total. The maximum atomic E-state index is 13.4. The number of sulfonamides is 1. The van der Waals surface area contributed by atoms with Crippen LogP contribution in [-0.2, 0) is 22.7 Å². The fourth-order valence-electron chi connectivity index (χ4n) is 5.20. The van der Waals surface area contributed by atoms with Crippen molar-refractivity contribution in [2.24, 2.45) is 0 Å². The highest BCUT2D eigenvalue weighted by Crippen LogP contribution is 2.33. The summed E-state index contributed by atoms with van der Waals surface area (Å²) >= 11 is 0. The van der Waals surface area contributed by atoms with E-state index in [-0.39, 0.29) is 4.90 Å². The minimum atomic E-state index is -4.43. The minimum absolute atomic E-state index is 0.281. The Hall–Kier alpha value is -3.99. The van der Waals surface area contributed by atoms with Crippen molar-refractivity contribution in [3.63, 3.8) is 0 Å². The Morgan fingerprint density at radius 2 is 1.39 bits per heavy atom. The minimum Gasteiger partial charge on any atom is -0.301 e. The molecule has 41 heavy (non-hydrogen) atoms. The Balaban J connectivity index is 1.33. The smallest absolute Gasteiger partial charge is 0.301 e. The molecule has 0 amide bonds. The van der Waals surface area contributed by atoms with Gasteiger partial charge in [-0.3, -0.25) is 4.90 Å². The first-order chi connectivity index (χ1) is 19.7. The van der Waals surface area contributed by atoms with Crippen LogP contribution in [-0.4, -0.2) is 53.2 Å². The third kappa shape index (κ3) is 5.50. The second-order valence-electron chi connectivity index (χ2n) is 9.99. The van der Waals surface area contributed by atoms with E-state index in [2.05, 4.69) is 4.90 Å². The van der Waals surface area contributed by atoms with Gasteiger partial charge in [-0.25, -0.2) is 13.4 Å². The number of aromatic nitrogens is 2. The normalized spacial score (nSPS) is 15.4. The molecule has 0 aliphatic carbocycles. The lowest BCUT2D eigenvalue weighted by atomic mass is 10.0. The quantitative estimate of drug-likeness (QED) is 0.242. The molecule has 6 rings (SSSR count). The fraction of sp³-hybridized carbons (Fsp3) is 0.194. The van der Waals surface area contributed by atoms with Crippen LogP contribution >= 0.6 is 0 Å². The molecule has 0 unspecified atom stereocenters. The molecule has 1 saturated heterocycles. The van der Waals surface area contributed by atoms with E-state index >= 15 is 0 Å². The average Bonchev–Trinajstić information content (AvgIpc) is 3.35. The van der Waals surface area contributed by atoms with Crippen LogP contribution in [0.15, 0.2) is 108 Å². The Morgan fingerprint density at radius 3 is 2.07 bits per heavy atom. The predicted molar refractivity (Wildman–Crippen MR) is 152 cm³/mol. The van der Waals surface area contributed by atoms with Crippen LogP contribution in [0.1, 0.15) is 11.3 Å². The zero-order chi connectivity index (χ0) is 28.6. The van der Waals surface area contributed by atoms with Gasteiger partial charge in [-0.2, -0.15) is 17.5 Å². The molecule has 1 aliphatic rings. The van der Waals surface area contributed by atoms with Gasteiger partial charge in [0.25, 0.3) is 0 Å². The van der Waals surface area contributed by atoms with Crippen LogP contribution in [0.3, 0.4) is 0 Å². The van der Waals surface area contributed by atoms with Gasteiger partial charge in [0.2, 0.25) is 10.0 Å². The summed E-state index contributed by atoms with van der Waals surface area (Å²) in [6, 6.07) is 27.1. The number of benzene rings is 3. The first-order valence-corrected chi connectivity index (χ1v) is 14.7. The lowest BCUT2D eigenvalue weighted by Gasteiger charge is -2.34. The molecule has 3 aromatic carbocycles. The summed E-state index contributed by atoms with van der Waals surface area (Å²) in [6.07, 6.45) is -2.60. The van der Waals surface area contributed by atoms with Crippen LogP contribution in [0.5, 0.6) is 0 Å². The maximum absolute atomic E-state index is 13.4. The second kappa shape index (κ2) is 10.8. The van der Waals surface area contributed by atoms with Gasteiger partial charge in [0.1, 0.15) is 5.65 Å². The molecule has 5 aromatic rings. The maximum Gasteiger partial charge on any atom is 0.416 e. The number of hydrogen-bond acceptors (Lipinski definition) is 4. The molecule has 0 radical (unpaired) electrons. The number of nitrogens with zero attached hydrogens (tertiary/aromatic N) is 4. The second-order valence-corrected chi connectivity index (χ2v) is 11.9. The molecule has 0 spiro atoms. The highest BCUT2D eigenvalue weighted by atomic mass is 32.2. The topological polar surface area (TPSA) is 57.9 Å². The average molecular weight is 577 g/mol. The number of rotatable bonds is 6. The Kier molecular flexibility index (Phi) is 7.14. The largest absolute Gasteiger partial charge is 0.416 e. The molecule has 1 aliphatic heterocycles. The lowest BCUT2D eigenvalue weighted by molar-refractivity contribution is -0.137. The molecule has 0 atom stereocenters. The number of halogens is 3. The van der Waals surface area contributed by atoms with Crippen LogP contribution in [0.2, 0.25) is 0 Å². The zero-order valence-electron chi connectivity index (χ0n) is 22.0. The fourth-order valence-corrected chi connectivity index (χ4v) is 6.64. The molecule has 1 fully saturated rings. The molecule has 0 saturated carbocycles. The van der Waals surface area contributed by atoms with Gasteiger partial charge in [-0.15, -0.1) is 0 Å². The molecule has 0 N–H and O–H groups in total. The summed E-state index contributed by atoms with van der Waals surface area (Å²) in [6.45, 7) is 2.26. The number of alkyl halides is 3. The van der Waals surface area contributed by atoms with Crippen LogP contribution in [0.25, 0.3) is 28.0 Å². The number of imidazole rings is 1. The van der Waals surface area contributed by atoms with Crippen molar-refractivity contribution in [1.82, 2.24) is 18.6 Å². The number of piperazine rings is 1. The van der Waals surface area contributed by atoms with Crippen molar-refractivity contribution in [3.05, 3.63) is 115 Å². The summed E-state index contributed by atoms with van der Waals surface area (Å²) in [5.74, 6) is 0. The highest BCUT2D eigenvalue weighted by molar-refractivity contribution is 7.89.